The zero-order chi connectivity index (χ0) is 26.4. The molecule has 0 radical (unpaired) electrons. The molecule has 35 heavy (non-hydrogen) atoms. The Hall–Kier alpha value is -2.68. The lowest BCUT2D eigenvalue weighted by Gasteiger charge is -2.30. The molecule has 3 amide bonds. The van der Waals surface area contributed by atoms with Gasteiger partial charge in [-0.05, 0) is 31.1 Å². The van der Waals surface area contributed by atoms with Gasteiger partial charge in [0.05, 0.1) is 6.10 Å². The molecule has 0 aromatic rings. The van der Waals surface area contributed by atoms with Crippen LogP contribution in [0, 0.1) is 11.3 Å². The Morgan fingerprint density at radius 2 is 1.86 bits per heavy atom. The van der Waals surface area contributed by atoms with Gasteiger partial charge in [-0.3, -0.25) is 14.4 Å². The predicted molar refractivity (Wildman–Crippen MR) is 132 cm³/mol. The van der Waals surface area contributed by atoms with Crippen molar-refractivity contribution in [2.45, 2.75) is 95.9 Å². The van der Waals surface area contributed by atoms with Crippen LogP contribution in [0.1, 0.15) is 72.1 Å². The van der Waals surface area contributed by atoms with E-state index in [1.807, 2.05) is 26.8 Å². The van der Waals surface area contributed by atoms with E-state index in [4.69, 9.17) is 0 Å². The highest BCUT2D eigenvalue weighted by Crippen LogP contribution is 2.44. The van der Waals surface area contributed by atoms with Gasteiger partial charge in [0.25, 0.3) is 0 Å². The second-order valence-electron chi connectivity index (χ2n) is 11.0. The van der Waals surface area contributed by atoms with E-state index in [0.717, 1.165) is 19.3 Å². The Bertz CT molecular complexity index is 835. The van der Waals surface area contributed by atoms with Gasteiger partial charge in [-0.15, -0.1) is 13.2 Å². The number of rotatable bonds is 13. The third kappa shape index (κ3) is 7.65. The maximum absolute atomic E-state index is 13.5. The number of nitrogens with one attached hydrogen (secondary N) is 2. The molecule has 5 atom stereocenters. The van der Waals surface area contributed by atoms with E-state index in [2.05, 4.69) is 23.8 Å². The quantitative estimate of drug-likeness (QED) is 0.230. The van der Waals surface area contributed by atoms with Gasteiger partial charge in [0.2, 0.25) is 17.7 Å². The van der Waals surface area contributed by atoms with Gasteiger partial charge in [0, 0.05) is 25.3 Å². The molecule has 196 valence electrons. The lowest BCUT2D eigenvalue weighted by atomic mass is 9.91. The van der Waals surface area contributed by atoms with E-state index in [1.165, 1.54) is 11.0 Å². The minimum absolute atomic E-state index is 0.00796. The molecule has 4 N–H and O–H groups in total. The number of hydrogen-bond acceptors (Lipinski definition) is 5. The Morgan fingerprint density at radius 3 is 2.40 bits per heavy atom. The van der Waals surface area contributed by atoms with Gasteiger partial charge in [0.1, 0.15) is 17.6 Å². The number of aliphatic carboxylic acids is 1. The first-order valence-electron chi connectivity index (χ1n) is 12.4. The minimum atomic E-state index is -1.42. The first-order valence-corrected chi connectivity index (χ1v) is 12.4. The fourth-order valence-corrected chi connectivity index (χ4v) is 4.62. The molecule has 0 aromatic heterocycles. The lowest BCUT2D eigenvalue weighted by Crippen LogP contribution is -2.56. The van der Waals surface area contributed by atoms with Crippen molar-refractivity contribution in [1.29, 1.82) is 0 Å². The molecule has 1 saturated heterocycles. The second-order valence-corrected chi connectivity index (χ2v) is 11.0. The average Bonchev–Trinajstić information content (AvgIpc) is 3.34. The van der Waals surface area contributed by atoms with Crippen molar-refractivity contribution in [1.82, 2.24) is 15.5 Å². The molecule has 9 heteroatoms. The van der Waals surface area contributed by atoms with Crippen molar-refractivity contribution < 1.29 is 29.4 Å². The van der Waals surface area contributed by atoms with Crippen LogP contribution >= 0.6 is 0 Å². The van der Waals surface area contributed by atoms with Crippen LogP contribution in [-0.4, -0.2) is 69.1 Å². The zero-order valence-electron chi connectivity index (χ0n) is 21.2. The Kier molecular flexibility index (Phi) is 9.66. The monoisotopic (exact) mass is 491 g/mol. The van der Waals surface area contributed by atoms with Crippen LogP contribution in [0.2, 0.25) is 0 Å². The van der Waals surface area contributed by atoms with Crippen molar-refractivity contribution >= 4 is 23.7 Å². The molecule has 2 fully saturated rings. The molecular formula is C26H41N3O6. The van der Waals surface area contributed by atoms with Gasteiger partial charge < -0.3 is 25.7 Å². The zero-order valence-corrected chi connectivity index (χ0v) is 21.2. The summed E-state index contributed by atoms with van der Waals surface area (Å²) in [5, 5.41) is 25.3. The highest BCUT2D eigenvalue weighted by molar-refractivity contribution is 5.96. The topological polar surface area (TPSA) is 136 Å². The number of amides is 3. The number of aliphatic hydroxyl groups excluding tert-OH is 1. The maximum atomic E-state index is 13.5. The van der Waals surface area contributed by atoms with Crippen molar-refractivity contribution in [3.63, 3.8) is 0 Å². The van der Waals surface area contributed by atoms with Crippen LogP contribution in [0.5, 0.6) is 0 Å². The average molecular weight is 492 g/mol. The summed E-state index contributed by atoms with van der Waals surface area (Å²) in [6.07, 6.45) is 6.67. The molecule has 0 unspecified atom stereocenters. The molecule has 9 nitrogen and oxygen atoms in total. The fraction of sp³-hybridized carbons (Fsp3) is 0.692. The second kappa shape index (κ2) is 11.8. The number of nitrogens with zero attached hydrogens (tertiary/aromatic N) is 1. The number of β-amino-alcohol motifs (C(OH)–C–C–N with tert-alkyl or cyclic N) is 1. The smallest absolute Gasteiger partial charge is 0.330 e. The van der Waals surface area contributed by atoms with Crippen molar-refractivity contribution in [3.8, 4) is 0 Å². The van der Waals surface area contributed by atoms with Crippen LogP contribution in [-0.2, 0) is 19.2 Å². The molecule has 1 saturated carbocycles. The molecule has 2 rings (SSSR count). The maximum Gasteiger partial charge on any atom is 0.330 e. The summed E-state index contributed by atoms with van der Waals surface area (Å²) in [4.78, 5) is 52.3. The fourth-order valence-electron chi connectivity index (χ4n) is 4.62. The van der Waals surface area contributed by atoms with Gasteiger partial charge in [-0.1, -0.05) is 45.8 Å². The first kappa shape index (κ1) is 28.6. The largest absolute Gasteiger partial charge is 0.479 e. The number of carboxylic acids is 1. The van der Waals surface area contributed by atoms with E-state index in [1.54, 1.807) is 0 Å². The van der Waals surface area contributed by atoms with Gasteiger partial charge in [-0.2, -0.15) is 0 Å². The van der Waals surface area contributed by atoms with Crippen LogP contribution < -0.4 is 10.6 Å². The summed E-state index contributed by atoms with van der Waals surface area (Å²) in [6, 6.07) is -1.84. The van der Waals surface area contributed by atoms with Gasteiger partial charge in [-0.25, -0.2) is 4.79 Å². The van der Waals surface area contributed by atoms with Crippen LogP contribution in [0.4, 0.5) is 0 Å². The van der Waals surface area contributed by atoms with Crippen molar-refractivity contribution in [2.75, 3.05) is 6.54 Å². The Morgan fingerprint density at radius 1 is 1.17 bits per heavy atom. The number of carbonyl (C=O) groups excluding carboxylic acids is 3. The summed E-state index contributed by atoms with van der Waals surface area (Å²) in [5.41, 5.74) is -1.68. The van der Waals surface area contributed by atoms with Crippen LogP contribution in [0.25, 0.3) is 0 Å². The highest BCUT2D eigenvalue weighted by atomic mass is 16.4. The van der Waals surface area contributed by atoms with Gasteiger partial charge >= 0.3 is 5.97 Å². The standard InChI is InChI=1S/C26H41N3O6/c1-6-8-9-10-11-12-19(27-21(31)15-25(3,4)5)23(33)29-16-18(30)13-20(29)22(32)28-26(24(34)35)14-17(26)7-2/h6-7,17-20,30H,1-2,8-16H2,3-5H3,(H,27,31)(H,28,32)(H,34,35)/t17-,18+,19+,20+,26-/m1/s1. The molecule has 2 aliphatic rings. The van der Waals surface area contributed by atoms with E-state index >= 15 is 0 Å². The third-order valence-electron chi connectivity index (χ3n) is 6.62. The summed E-state index contributed by atoms with van der Waals surface area (Å²) < 4.78 is 0. The molecule has 1 heterocycles. The number of aliphatic hydroxyl groups is 1. The number of likely N-dealkylation sites (tertiary alicyclic amines) is 1. The number of carboxylic acid groups (broad SMARTS) is 1. The molecule has 1 aliphatic heterocycles. The van der Waals surface area contributed by atoms with Crippen molar-refractivity contribution in [3.05, 3.63) is 25.3 Å². The SMILES string of the molecule is C=CCCCCC[C@H](NC(=O)CC(C)(C)C)C(=O)N1C[C@@H](O)C[C@H]1C(=O)N[C@]1(C(=O)O)C[C@H]1C=C. The van der Waals surface area contributed by atoms with E-state index < -0.39 is 41.5 Å². The lowest BCUT2D eigenvalue weighted by molar-refractivity contribution is -0.146. The normalized spacial score (nSPS) is 26.5. The summed E-state index contributed by atoms with van der Waals surface area (Å²) in [6.45, 7) is 13.1. The predicted octanol–water partition coefficient (Wildman–Crippen LogP) is 2.15. The number of unbranched alkanes of at least 4 members (excludes halogenated alkanes) is 3. The number of carbonyl (C=O) groups is 4. The van der Waals surface area contributed by atoms with Crippen molar-refractivity contribution in [2.24, 2.45) is 11.3 Å². The Labute approximate surface area is 208 Å². The molecule has 0 aromatic carbocycles. The van der Waals surface area contributed by atoms with E-state index in [0.29, 0.717) is 12.8 Å². The minimum Gasteiger partial charge on any atom is -0.479 e. The Balaban J connectivity index is 2.15. The van der Waals surface area contributed by atoms with E-state index in [9.17, 15) is 29.4 Å². The van der Waals surface area contributed by atoms with Crippen LogP contribution in [0.15, 0.2) is 25.3 Å². The molecular weight excluding hydrogens is 450 g/mol. The molecule has 1 aliphatic carbocycles. The number of hydrogen-bond donors (Lipinski definition) is 4. The summed E-state index contributed by atoms with van der Waals surface area (Å²) in [7, 11) is 0. The summed E-state index contributed by atoms with van der Waals surface area (Å²) in [5.74, 6) is -2.85. The summed E-state index contributed by atoms with van der Waals surface area (Å²) >= 11 is 0. The number of allylic oxidation sites excluding steroid dienone is 1. The third-order valence-corrected chi connectivity index (χ3v) is 6.62. The van der Waals surface area contributed by atoms with Crippen LogP contribution in [0.3, 0.4) is 0 Å². The highest BCUT2D eigenvalue weighted by Gasteiger charge is 2.61. The van der Waals surface area contributed by atoms with Gasteiger partial charge in [0.15, 0.2) is 0 Å². The molecule has 0 bridgehead atoms. The molecule has 0 spiro atoms. The first-order chi connectivity index (χ1) is 16.3. The van der Waals surface area contributed by atoms with E-state index in [-0.39, 0.29) is 43.0 Å².